The van der Waals surface area contributed by atoms with Crippen LogP contribution >= 0.6 is 11.8 Å². The van der Waals surface area contributed by atoms with Crippen LogP contribution in [0.25, 0.3) is 22.3 Å². The van der Waals surface area contributed by atoms with E-state index in [1.54, 1.807) is 24.1 Å². The lowest BCUT2D eigenvalue weighted by Gasteiger charge is -2.18. The lowest BCUT2D eigenvalue weighted by molar-refractivity contribution is -0.118. The van der Waals surface area contributed by atoms with Gasteiger partial charge in [-0.15, -0.1) is 0 Å². The number of thioether (sulfide) groups is 1. The fraction of sp³-hybridized carbons (Fsp3) is 0.129. The van der Waals surface area contributed by atoms with Crippen LogP contribution < -0.4 is 5.32 Å². The summed E-state index contributed by atoms with van der Waals surface area (Å²) in [4.78, 5) is 38.0. The Morgan fingerprint density at radius 2 is 1.42 bits per heavy atom. The number of aromatic hydroxyl groups is 1. The molecule has 3 amide bonds. The van der Waals surface area contributed by atoms with Crippen molar-refractivity contribution in [2.24, 2.45) is 0 Å². The Morgan fingerprint density at radius 1 is 0.816 bits per heavy atom. The van der Waals surface area contributed by atoms with E-state index in [0.29, 0.717) is 18.5 Å². The Labute approximate surface area is 225 Å². The number of amides is 3. The minimum absolute atomic E-state index is 0.0655. The molecule has 4 aromatic rings. The fourth-order valence-corrected chi connectivity index (χ4v) is 5.31. The second kappa shape index (κ2) is 10.9. The number of rotatable bonds is 7. The van der Waals surface area contributed by atoms with E-state index in [4.69, 9.17) is 0 Å². The molecule has 1 fully saturated rings. The molecule has 38 heavy (non-hydrogen) atoms. The Balaban J connectivity index is 1.23. The molecule has 2 N–H and O–H groups in total. The van der Waals surface area contributed by atoms with Gasteiger partial charge in [-0.2, -0.15) is 0 Å². The van der Waals surface area contributed by atoms with Gasteiger partial charge < -0.3 is 10.0 Å². The maximum Gasteiger partial charge on any atom is 0.286 e. The van der Waals surface area contributed by atoms with Gasteiger partial charge in [0.2, 0.25) is 5.91 Å². The molecule has 0 radical (unpaired) electrons. The molecule has 1 aliphatic rings. The molecular formula is C31H26N2O4S. The molecule has 0 saturated carbocycles. The highest BCUT2D eigenvalue weighted by Crippen LogP contribution is 2.26. The first-order valence-electron chi connectivity index (χ1n) is 12.2. The Bertz CT molecular complexity index is 1480. The van der Waals surface area contributed by atoms with Gasteiger partial charge in [0.25, 0.3) is 11.1 Å². The number of phenols is 1. The monoisotopic (exact) mass is 522 g/mol. The van der Waals surface area contributed by atoms with Crippen molar-refractivity contribution in [2.75, 3.05) is 7.05 Å². The molecule has 6 nitrogen and oxygen atoms in total. The maximum absolute atomic E-state index is 13.1. The van der Waals surface area contributed by atoms with Crippen molar-refractivity contribution in [3.05, 3.63) is 114 Å². The smallest absolute Gasteiger partial charge is 0.286 e. The van der Waals surface area contributed by atoms with Crippen LogP contribution in [0.1, 0.15) is 21.5 Å². The summed E-state index contributed by atoms with van der Waals surface area (Å²) < 4.78 is 0. The van der Waals surface area contributed by atoms with E-state index in [9.17, 15) is 19.5 Å². The topological polar surface area (TPSA) is 86.7 Å². The van der Waals surface area contributed by atoms with E-state index in [-0.39, 0.29) is 28.1 Å². The third-order valence-electron chi connectivity index (χ3n) is 6.50. The molecular weight excluding hydrogens is 496 g/mol. The average Bonchev–Trinajstić information content (AvgIpc) is 3.25. The van der Waals surface area contributed by atoms with Gasteiger partial charge in [0, 0.05) is 19.2 Å². The van der Waals surface area contributed by atoms with Crippen molar-refractivity contribution in [1.82, 2.24) is 10.2 Å². The summed E-state index contributed by atoms with van der Waals surface area (Å²) in [5.41, 5.74) is 6.64. The minimum atomic E-state index is -0.381. The quantitative estimate of drug-likeness (QED) is 0.316. The first-order chi connectivity index (χ1) is 18.4. The van der Waals surface area contributed by atoms with Crippen molar-refractivity contribution in [3.63, 3.8) is 0 Å². The van der Waals surface area contributed by atoms with Crippen LogP contribution in [0.5, 0.6) is 5.75 Å². The summed E-state index contributed by atoms with van der Waals surface area (Å²) in [7, 11) is 1.79. The van der Waals surface area contributed by atoms with Crippen LogP contribution in [0.15, 0.2) is 97.1 Å². The van der Waals surface area contributed by atoms with E-state index < -0.39 is 0 Å². The highest BCUT2D eigenvalue weighted by molar-refractivity contribution is 8.15. The molecule has 1 saturated heterocycles. The standard InChI is InChI=1S/C31H26N2O4S/c1-33(30(36)25-11-9-22(10-12-25)23-13-15-27(34)16-14-23)19-21-3-2-4-26(17-21)24-7-5-20(6-8-24)18-28-29(35)32-31(37)38-28/h2-17,28,34H,18-19H2,1H3,(H,32,35,37). The number of carbonyl (C=O) groups is 3. The van der Waals surface area contributed by atoms with E-state index in [1.807, 2.05) is 78.9 Å². The highest BCUT2D eigenvalue weighted by atomic mass is 32.2. The van der Waals surface area contributed by atoms with E-state index >= 15 is 0 Å². The van der Waals surface area contributed by atoms with Crippen LogP contribution in [0, 0.1) is 0 Å². The molecule has 1 atom stereocenters. The summed E-state index contributed by atoms with van der Waals surface area (Å²) in [6, 6.07) is 30.5. The molecule has 1 aliphatic heterocycles. The van der Waals surface area contributed by atoms with E-state index in [0.717, 1.165) is 45.1 Å². The van der Waals surface area contributed by atoms with Crippen molar-refractivity contribution >= 4 is 28.8 Å². The second-order valence-electron chi connectivity index (χ2n) is 9.27. The third-order valence-corrected chi connectivity index (χ3v) is 7.48. The van der Waals surface area contributed by atoms with Gasteiger partial charge in [-0.1, -0.05) is 78.5 Å². The van der Waals surface area contributed by atoms with Gasteiger partial charge in [-0.3, -0.25) is 19.7 Å². The van der Waals surface area contributed by atoms with Gasteiger partial charge in [0.05, 0.1) is 5.25 Å². The van der Waals surface area contributed by atoms with Crippen molar-refractivity contribution in [3.8, 4) is 28.0 Å². The predicted molar refractivity (Wildman–Crippen MR) is 150 cm³/mol. The van der Waals surface area contributed by atoms with E-state index in [2.05, 4.69) is 11.4 Å². The lowest BCUT2D eigenvalue weighted by Crippen LogP contribution is -2.26. The molecule has 1 heterocycles. The van der Waals surface area contributed by atoms with Crippen molar-refractivity contribution < 1.29 is 19.5 Å². The van der Waals surface area contributed by atoms with E-state index in [1.165, 1.54) is 0 Å². The molecule has 7 heteroatoms. The van der Waals surface area contributed by atoms with Crippen LogP contribution in [-0.4, -0.2) is 39.4 Å². The molecule has 0 spiro atoms. The summed E-state index contributed by atoms with van der Waals surface area (Å²) in [5.74, 6) is -0.0796. The zero-order valence-corrected chi connectivity index (χ0v) is 21.6. The Kier molecular flexibility index (Phi) is 7.29. The maximum atomic E-state index is 13.1. The number of imide groups is 1. The van der Waals surface area contributed by atoms with Gasteiger partial charge in [0.1, 0.15) is 5.75 Å². The van der Waals surface area contributed by atoms with Gasteiger partial charge in [-0.05, 0) is 70.1 Å². The molecule has 0 aromatic heterocycles. The molecule has 0 aliphatic carbocycles. The molecule has 5 rings (SSSR count). The SMILES string of the molecule is CN(Cc1cccc(-c2ccc(CC3SC(=O)NC3=O)cc2)c1)C(=O)c1ccc(-c2ccc(O)cc2)cc1. The van der Waals surface area contributed by atoms with Gasteiger partial charge >= 0.3 is 0 Å². The normalized spacial score (nSPS) is 14.8. The number of nitrogens with one attached hydrogen (secondary N) is 1. The van der Waals surface area contributed by atoms with Crippen molar-refractivity contribution in [1.29, 1.82) is 0 Å². The largest absolute Gasteiger partial charge is 0.508 e. The summed E-state index contributed by atoms with van der Waals surface area (Å²) in [6.07, 6.45) is 0.505. The fourth-order valence-electron chi connectivity index (χ4n) is 4.45. The highest BCUT2D eigenvalue weighted by Gasteiger charge is 2.31. The van der Waals surface area contributed by atoms with Crippen molar-refractivity contribution in [2.45, 2.75) is 18.2 Å². The van der Waals surface area contributed by atoms with Crippen LogP contribution in [0.4, 0.5) is 4.79 Å². The molecule has 1 unspecified atom stereocenters. The number of carbonyl (C=O) groups excluding carboxylic acids is 3. The summed E-state index contributed by atoms with van der Waals surface area (Å²) in [6.45, 7) is 0.465. The Morgan fingerprint density at radius 3 is 2.05 bits per heavy atom. The number of phenolic OH excluding ortho intramolecular Hbond substituents is 1. The first-order valence-corrected chi connectivity index (χ1v) is 13.1. The number of hydrogen-bond acceptors (Lipinski definition) is 5. The molecule has 4 aromatic carbocycles. The summed E-state index contributed by atoms with van der Waals surface area (Å²) in [5, 5.41) is 11.1. The average molecular weight is 523 g/mol. The minimum Gasteiger partial charge on any atom is -0.508 e. The van der Waals surface area contributed by atoms with Crippen LogP contribution in [0.3, 0.4) is 0 Å². The molecule has 0 bridgehead atoms. The van der Waals surface area contributed by atoms with Gasteiger partial charge in [0.15, 0.2) is 0 Å². The summed E-state index contributed by atoms with van der Waals surface area (Å²) >= 11 is 1.04. The number of benzene rings is 4. The number of nitrogens with zero attached hydrogens (tertiary/aromatic N) is 1. The van der Waals surface area contributed by atoms with Gasteiger partial charge in [-0.25, -0.2) is 0 Å². The van der Waals surface area contributed by atoms with Crippen LogP contribution in [0.2, 0.25) is 0 Å². The second-order valence-corrected chi connectivity index (χ2v) is 10.4. The lowest BCUT2D eigenvalue weighted by atomic mass is 10.00. The van der Waals surface area contributed by atoms with Crippen LogP contribution in [-0.2, 0) is 17.8 Å². The first kappa shape index (κ1) is 25.3. The zero-order valence-electron chi connectivity index (χ0n) is 20.8. The zero-order chi connectivity index (χ0) is 26.6. The molecule has 190 valence electrons. The Hall–Kier alpha value is -4.36. The third kappa shape index (κ3) is 5.79. The predicted octanol–water partition coefficient (Wildman–Crippen LogP) is 5.89. The number of hydrogen-bond donors (Lipinski definition) is 2.